The molecule has 3 heterocycles. The van der Waals surface area contributed by atoms with Crippen molar-refractivity contribution in [1.82, 2.24) is 20.2 Å². The van der Waals surface area contributed by atoms with E-state index in [4.69, 9.17) is 4.74 Å². The molecule has 1 saturated carbocycles. The minimum atomic E-state index is -4.60. The van der Waals surface area contributed by atoms with E-state index in [1.807, 2.05) is 0 Å². The van der Waals surface area contributed by atoms with Crippen molar-refractivity contribution in [3.8, 4) is 0 Å². The number of carboxylic acid groups (broad SMARTS) is 1. The van der Waals surface area contributed by atoms with Gasteiger partial charge in [0, 0.05) is 69.9 Å². The van der Waals surface area contributed by atoms with Crippen LogP contribution in [0.4, 0.5) is 30.7 Å². The number of amides is 2. The number of aromatic carboxylic acids is 1. The van der Waals surface area contributed by atoms with Gasteiger partial charge in [-0.3, -0.25) is 9.59 Å². The first-order valence-corrected chi connectivity index (χ1v) is 17.3. The molecule has 0 atom stereocenters. The van der Waals surface area contributed by atoms with E-state index in [1.165, 1.54) is 36.3 Å². The van der Waals surface area contributed by atoms with Crippen LogP contribution in [0.1, 0.15) is 78.9 Å². The lowest BCUT2D eigenvalue weighted by atomic mass is 9.77. The molecule has 4 aliphatic rings. The van der Waals surface area contributed by atoms with E-state index in [9.17, 15) is 50.2 Å². The number of carbonyl (C=O) groups is 3. The molecule has 1 spiro atoms. The maximum absolute atomic E-state index is 14.1. The van der Waals surface area contributed by atoms with Crippen LogP contribution in [0.5, 0.6) is 0 Å². The van der Waals surface area contributed by atoms with Gasteiger partial charge in [0.15, 0.2) is 0 Å². The van der Waals surface area contributed by atoms with Crippen LogP contribution >= 0.6 is 0 Å². The normalized spacial score (nSPS) is 19.8. The number of rotatable bonds is 8. The fourth-order valence-corrected chi connectivity index (χ4v) is 7.37. The van der Waals surface area contributed by atoms with E-state index < -0.39 is 41.1 Å². The number of nitrogens with zero attached hydrogens (tertiary/aromatic N) is 3. The van der Waals surface area contributed by atoms with Gasteiger partial charge in [-0.25, -0.2) is 27.8 Å². The summed E-state index contributed by atoms with van der Waals surface area (Å²) < 4.78 is 98.0. The number of nitrogens with one attached hydrogen (secondary N) is 1. The Balaban J connectivity index is 0.000000224. The van der Waals surface area contributed by atoms with Gasteiger partial charge in [-0.15, -0.1) is 0 Å². The van der Waals surface area contributed by atoms with Crippen molar-refractivity contribution in [3.05, 3.63) is 82.1 Å². The summed E-state index contributed by atoms with van der Waals surface area (Å²) in [5, 5.41) is 11.1. The first-order chi connectivity index (χ1) is 24.8. The SMILES string of the molecule is CC(C)(C(=O)N1CC2(CCN(C(=O)C3=CN(Cc4ccc(F)cc4)NC3)C2)C1)C(F)(F)F.COCc1ccc(F)c(C2CCC(F)(F)CC2)c1C(=O)O. The summed E-state index contributed by atoms with van der Waals surface area (Å²) in [4.78, 5) is 39.7. The molecule has 2 amide bonds. The Morgan fingerprint density at radius 3 is 2.15 bits per heavy atom. The number of ether oxygens (including phenoxy) is 1. The number of likely N-dealkylation sites (tertiary alicyclic amines) is 2. The molecule has 2 aromatic rings. The number of halogens is 7. The Bertz CT molecular complexity index is 1710. The molecule has 3 aliphatic heterocycles. The molecule has 53 heavy (non-hydrogen) atoms. The van der Waals surface area contributed by atoms with Crippen molar-refractivity contribution >= 4 is 17.8 Å². The lowest BCUT2D eigenvalue weighted by molar-refractivity contribution is -0.222. The molecule has 0 aromatic heterocycles. The second kappa shape index (κ2) is 15.3. The molecule has 16 heteroatoms. The van der Waals surface area contributed by atoms with Gasteiger partial charge in [-0.2, -0.15) is 13.2 Å². The summed E-state index contributed by atoms with van der Waals surface area (Å²) in [6.45, 7) is 4.12. The van der Waals surface area contributed by atoms with Gasteiger partial charge < -0.3 is 24.7 Å². The monoisotopic (exact) mass is 756 g/mol. The molecule has 0 radical (unpaired) electrons. The topological polar surface area (TPSA) is 102 Å². The first-order valence-electron chi connectivity index (χ1n) is 17.3. The van der Waals surface area contributed by atoms with Gasteiger partial charge in [0.2, 0.25) is 11.8 Å². The maximum Gasteiger partial charge on any atom is 0.402 e. The number of alkyl halides is 5. The molecular weight excluding hydrogens is 713 g/mol. The van der Waals surface area contributed by atoms with Crippen LogP contribution in [0.3, 0.4) is 0 Å². The number of hydrogen-bond donors (Lipinski definition) is 2. The summed E-state index contributed by atoms with van der Waals surface area (Å²) in [7, 11) is 1.41. The largest absolute Gasteiger partial charge is 0.478 e. The first kappa shape index (κ1) is 40.0. The maximum atomic E-state index is 14.1. The van der Waals surface area contributed by atoms with Crippen LogP contribution in [0.25, 0.3) is 0 Å². The molecule has 2 aromatic carbocycles. The Kier molecular flexibility index (Phi) is 11.5. The van der Waals surface area contributed by atoms with Crippen molar-refractivity contribution in [3.63, 3.8) is 0 Å². The Hall–Kier alpha value is -4.18. The van der Waals surface area contributed by atoms with Crippen LogP contribution in [-0.4, -0.2) is 89.6 Å². The van der Waals surface area contributed by atoms with Gasteiger partial charge in [0.05, 0.1) is 24.3 Å². The van der Waals surface area contributed by atoms with E-state index >= 15 is 0 Å². The van der Waals surface area contributed by atoms with E-state index in [1.54, 1.807) is 28.2 Å². The minimum Gasteiger partial charge on any atom is -0.478 e. The number of hydrazine groups is 1. The molecule has 0 unspecified atom stereocenters. The van der Waals surface area contributed by atoms with Gasteiger partial charge in [0.25, 0.3) is 5.91 Å². The predicted octanol–water partition coefficient (Wildman–Crippen LogP) is 6.64. The minimum absolute atomic E-state index is 0.0348. The quantitative estimate of drug-likeness (QED) is 0.292. The molecule has 290 valence electrons. The highest BCUT2D eigenvalue weighted by Gasteiger charge is 2.59. The fourth-order valence-electron chi connectivity index (χ4n) is 7.37. The van der Waals surface area contributed by atoms with Crippen LogP contribution in [-0.2, 0) is 27.5 Å². The summed E-state index contributed by atoms with van der Waals surface area (Å²) in [5.74, 6) is -6.48. The van der Waals surface area contributed by atoms with Crippen molar-refractivity contribution in [1.29, 1.82) is 0 Å². The van der Waals surface area contributed by atoms with Gasteiger partial charge in [-0.05, 0) is 68.4 Å². The van der Waals surface area contributed by atoms with Crippen LogP contribution in [0.15, 0.2) is 48.2 Å². The average Bonchev–Trinajstić information content (AvgIpc) is 3.73. The fraction of sp³-hybridized carbons (Fsp3) is 0.541. The predicted molar refractivity (Wildman–Crippen MR) is 178 cm³/mol. The Labute approximate surface area is 302 Å². The highest BCUT2D eigenvalue weighted by molar-refractivity contribution is 5.94. The summed E-state index contributed by atoms with van der Waals surface area (Å²) in [6.07, 6.45) is -2.73. The standard InChI is InChI=1S/C22H26F4N4O2.C15H17F3O3/c1-20(2,22(24,25)26)19(32)29-13-21(14-29)7-8-28(12-21)18(31)16-9-27-30(11-16)10-15-3-5-17(23)6-4-15;1-21-8-10-2-3-11(16)12(13(10)14(19)20)9-4-6-15(17,18)7-5-9/h3-6,11,27H,7-10,12-14H2,1-2H3;2-3,9H,4-8H2,1H3,(H,19,20). The van der Waals surface area contributed by atoms with E-state index in [0.29, 0.717) is 43.7 Å². The highest BCUT2D eigenvalue weighted by Crippen LogP contribution is 2.46. The average molecular weight is 757 g/mol. The molecule has 6 rings (SSSR count). The van der Waals surface area contributed by atoms with Crippen molar-refractivity contribution in [2.45, 2.75) is 77.1 Å². The molecule has 2 saturated heterocycles. The zero-order chi connectivity index (χ0) is 38.9. The van der Waals surface area contributed by atoms with Gasteiger partial charge >= 0.3 is 12.1 Å². The lowest BCUT2D eigenvalue weighted by Gasteiger charge is -2.50. The second-order valence-electron chi connectivity index (χ2n) is 14.9. The molecule has 2 N–H and O–H groups in total. The number of carbonyl (C=O) groups excluding carboxylic acids is 2. The number of methoxy groups -OCH3 is 1. The van der Waals surface area contributed by atoms with Gasteiger partial charge in [0.1, 0.15) is 17.0 Å². The Morgan fingerprint density at radius 1 is 0.943 bits per heavy atom. The van der Waals surface area contributed by atoms with Crippen LogP contribution < -0.4 is 5.43 Å². The zero-order valence-corrected chi connectivity index (χ0v) is 29.7. The van der Waals surface area contributed by atoms with Gasteiger partial charge in [-0.1, -0.05) is 18.2 Å². The van der Waals surface area contributed by atoms with Crippen LogP contribution in [0.2, 0.25) is 0 Å². The smallest absolute Gasteiger partial charge is 0.402 e. The molecular formula is C37H43F7N4O5. The van der Waals surface area contributed by atoms with Crippen molar-refractivity contribution in [2.75, 3.05) is 39.8 Å². The second-order valence-corrected chi connectivity index (χ2v) is 14.9. The number of benzene rings is 2. The van der Waals surface area contributed by atoms with Crippen molar-refractivity contribution in [2.24, 2.45) is 10.8 Å². The highest BCUT2D eigenvalue weighted by atomic mass is 19.4. The summed E-state index contributed by atoms with van der Waals surface area (Å²) >= 11 is 0. The number of hydrogen-bond acceptors (Lipinski definition) is 6. The number of carboxylic acids is 1. The molecule has 1 aliphatic carbocycles. The third kappa shape index (κ3) is 8.80. The third-order valence-electron chi connectivity index (χ3n) is 10.6. The zero-order valence-electron chi connectivity index (χ0n) is 29.7. The van der Waals surface area contributed by atoms with E-state index in [-0.39, 0.29) is 73.6 Å². The van der Waals surface area contributed by atoms with Crippen LogP contribution in [0, 0.1) is 22.5 Å². The van der Waals surface area contributed by atoms with E-state index in [0.717, 1.165) is 19.4 Å². The molecule has 3 fully saturated rings. The summed E-state index contributed by atoms with van der Waals surface area (Å²) in [5.41, 5.74) is 2.10. The summed E-state index contributed by atoms with van der Waals surface area (Å²) in [6, 6.07) is 8.67. The molecule has 0 bridgehead atoms. The van der Waals surface area contributed by atoms with Crippen molar-refractivity contribution < 1.29 is 55.0 Å². The lowest BCUT2D eigenvalue weighted by Crippen LogP contribution is -2.63. The third-order valence-corrected chi connectivity index (χ3v) is 10.6. The Morgan fingerprint density at radius 2 is 1.57 bits per heavy atom. The van der Waals surface area contributed by atoms with E-state index in [2.05, 4.69) is 5.43 Å². The molecule has 9 nitrogen and oxygen atoms in total.